The van der Waals surface area contributed by atoms with Gasteiger partial charge >= 0.3 is 0 Å². The summed E-state index contributed by atoms with van der Waals surface area (Å²) in [6, 6.07) is 6.95. The molecule has 28 heavy (non-hydrogen) atoms. The summed E-state index contributed by atoms with van der Waals surface area (Å²) >= 11 is 1.61. The normalized spacial score (nSPS) is 17.0. The summed E-state index contributed by atoms with van der Waals surface area (Å²) in [6.07, 6.45) is 7.64. The molecule has 1 aliphatic heterocycles. The number of benzene rings is 1. The van der Waals surface area contributed by atoms with E-state index < -0.39 is 0 Å². The Morgan fingerprint density at radius 2 is 2.14 bits per heavy atom. The number of nitrogens with one attached hydrogen (secondary N) is 2. The molecule has 0 bridgehead atoms. The van der Waals surface area contributed by atoms with Gasteiger partial charge in [0.05, 0.1) is 0 Å². The number of thioether (sulfide) groups is 1. The standard InChI is InChI=1S/C19H25FN6S.HI/c1-21-18(24-12-14-11-15(20)6-7-17(14)27-2)25-16-5-3-10-26(13-16)19-22-8-4-9-23-19;/h4,6-9,11,16H,3,5,10,12-13H2,1-2H3,(H2,21,24,25);1H. The van der Waals surface area contributed by atoms with Gasteiger partial charge in [0, 0.05) is 50.0 Å². The summed E-state index contributed by atoms with van der Waals surface area (Å²) in [5.74, 6) is 1.25. The average Bonchev–Trinajstić information content (AvgIpc) is 2.72. The molecule has 3 rings (SSSR count). The van der Waals surface area contributed by atoms with Gasteiger partial charge in [-0.25, -0.2) is 14.4 Å². The molecule has 1 unspecified atom stereocenters. The number of guanidine groups is 1. The number of halogens is 2. The van der Waals surface area contributed by atoms with E-state index in [4.69, 9.17) is 0 Å². The maximum Gasteiger partial charge on any atom is 0.225 e. The zero-order valence-electron chi connectivity index (χ0n) is 16.1. The minimum Gasteiger partial charge on any atom is -0.352 e. The van der Waals surface area contributed by atoms with Gasteiger partial charge in [0.25, 0.3) is 0 Å². The van der Waals surface area contributed by atoms with E-state index in [0.29, 0.717) is 12.5 Å². The van der Waals surface area contributed by atoms with Gasteiger partial charge in [-0.15, -0.1) is 35.7 Å². The molecule has 0 aliphatic carbocycles. The first-order valence-corrected chi connectivity index (χ1v) is 10.2. The van der Waals surface area contributed by atoms with Crippen LogP contribution in [0.15, 0.2) is 46.5 Å². The van der Waals surface area contributed by atoms with Gasteiger partial charge < -0.3 is 15.5 Å². The molecule has 1 aliphatic rings. The van der Waals surface area contributed by atoms with Crippen molar-refractivity contribution in [2.75, 3.05) is 31.3 Å². The average molecular weight is 516 g/mol. The van der Waals surface area contributed by atoms with Crippen molar-refractivity contribution in [3.63, 3.8) is 0 Å². The van der Waals surface area contributed by atoms with E-state index in [1.54, 1.807) is 37.3 Å². The van der Waals surface area contributed by atoms with E-state index in [1.807, 2.05) is 18.4 Å². The second-order valence-electron chi connectivity index (χ2n) is 6.36. The van der Waals surface area contributed by atoms with Crippen LogP contribution in [-0.4, -0.2) is 48.4 Å². The number of hydrogen-bond donors (Lipinski definition) is 2. The van der Waals surface area contributed by atoms with Crippen LogP contribution in [0.4, 0.5) is 10.3 Å². The second-order valence-corrected chi connectivity index (χ2v) is 7.21. The van der Waals surface area contributed by atoms with Gasteiger partial charge in [0.2, 0.25) is 5.95 Å². The first-order valence-electron chi connectivity index (χ1n) is 9.01. The number of anilines is 1. The molecule has 0 spiro atoms. The van der Waals surface area contributed by atoms with Crippen molar-refractivity contribution in [3.05, 3.63) is 48.0 Å². The number of piperidine rings is 1. The Morgan fingerprint density at radius 3 is 2.86 bits per heavy atom. The highest BCUT2D eigenvalue weighted by molar-refractivity contribution is 14.0. The largest absolute Gasteiger partial charge is 0.352 e. The van der Waals surface area contributed by atoms with E-state index in [2.05, 4.69) is 30.5 Å². The molecule has 2 heterocycles. The van der Waals surface area contributed by atoms with E-state index in [1.165, 1.54) is 6.07 Å². The lowest BCUT2D eigenvalue weighted by molar-refractivity contribution is 0.463. The monoisotopic (exact) mass is 516 g/mol. The van der Waals surface area contributed by atoms with Crippen LogP contribution in [0.25, 0.3) is 0 Å². The maximum atomic E-state index is 13.6. The molecule has 0 amide bonds. The fourth-order valence-corrected chi connectivity index (χ4v) is 3.78. The first-order chi connectivity index (χ1) is 13.2. The lowest BCUT2D eigenvalue weighted by Gasteiger charge is -2.33. The van der Waals surface area contributed by atoms with Crippen LogP contribution in [0.3, 0.4) is 0 Å². The molecule has 1 fully saturated rings. The minimum absolute atomic E-state index is 0. The van der Waals surface area contributed by atoms with Gasteiger partial charge in [-0.2, -0.15) is 0 Å². The zero-order valence-corrected chi connectivity index (χ0v) is 19.2. The highest BCUT2D eigenvalue weighted by atomic mass is 127. The Labute approximate surface area is 186 Å². The molecule has 0 radical (unpaired) electrons. The van der Waals surface area contributed by atoms with Gasteiger partial charge in [-0.1, -0.05) is 0 Å². The smallest absolute Gasteiger partial charge is 0.225 e. The number of hydrogen-bond acceptors (Lipinski definition) is 5. The van der Waals surface area contributed by atoms with E-state index in [0.717, 1.165) is 42.3 Å². The molecule has 2 N–H and O–H groups in total. The summed E-state index contributed by atoms with van der Waals surface area (Å²) in [5.41, 5.74) is 0.924. The lowest BCUT2D eigenvalue weighted by Crippen LogP contribution is -2.51. The SMILES string of the molecule is CN=C(NCc1cc(F)ccc1SC)NC1CCCN(c2ncccn2)C1.I. The van der Waals surface area contributed by atoms with Gasteiger partial charge in [-0.3, -0.25) is 4.99 Å². The van der Waals surface area contributed by atoms with Crippen molar-refractivity contribution in [3.8, 4) is 0 Å². The zero-order chi connectivity index (χ0) is 19.1. The van der Waals surface area contributed by atoms with Crippen LogP contribution in [0.2, 0.25) is 0 Å². The third-order valence-corrected chi connectivity index (χ3v) is 5.35. The van der Waals surface area contributed by atoms with E-state index in [9.17, 15) is 4.39 Å². The number of nitrogens with zero attached hydrogens (tertiary/aromatic N) is 4. The van der Waals surface area contributed by atoms with Crippen molar-refractivity contribution >= 4 is 47.6 Å². The summed E-state index contributed by atoms with van der Waals surface area (Å²) in [4.78, 5) is 16.2. The number of aromatic nitrogens is 2. The van der Waals surface area contributed by atoms with Crippen molar-refractivity contribution in [2.24, 2.45) is 4.99 Å². The molecule has 1 saturated heterocycles. The molecule has 0 saturated carbocycles. The molecular formula is C19H26FIN6S. The van der Waals surface area contributed by atoms with Crippen molar-refractivity contribution in [1.82, 2.24) is 20.6 Å². The highest BCUT2D eigenvalue weighted by Crippen LogP contribution is 2.21. The molecule has 152 valence electrons. The van der Waals surface area contributed by atoms with Crippen LogP contribution in [0.5, 0.6) is 0 Å². The predicted molar refractivity (Wildman–Crippen MR) is 124 cm³/mol. The first kappa shape index (κ1) is 22.7. The molecule has 1 aromatic heterocycles. The Morgan fingerprint density at radius 1 is 1.36 bits per heavy atom. The van der Waals surface area contributed by atoms with Crippen molar-refractivity contribution in [1.29, 1.82) is 0 Å². The Balaban J connectivity index is 0.00000280. The quantitative estimate of drug-likeness (QED) is 0.275. The molecule has 2 aromatic rings. The van der Waals surface area contributed by atoms with Crippen molar-refractivity contribution in [2.45, 2.75) is 30.3 Å². The fraction of sp³-hybridized carbons (Fsp3) is 0.421. The summed E-state index contributed by atoms with van der Waals surface area (Å²) < 4.78 is 13.6. The van der Waals surface area contributed by atoms with Crippen LogP contribution < -0.4 is 15.5 Å². The third-order valence-electron chi connectivity index (χ3n) is 4.51. The highest BCUT2D eigenvalue weighted by Gasteiger charge is 2.22. The van der Waals surface area contributed by atoms with Crippen LogP contribution in [0, 0.1) is 5.82 Å². The van der Waals surface area contributed by atoms with Gasteiger partial charge in [0.15, 0.2) is 5.96 Å². The molecule has 9 heteroatoms. The Hall–Kier alpha value is -1.62. The lowest BCUT2D eigenvalue weighted by atomic mass is 10.1. The summed E-state index contributed by atoms with van der Waals surface area (Å²) in [6.45, 7) is 2.29. The molecule has 1 aromatic carbocycles. The van der Waals surface area contributed by atoms with Gasteiger partial charge in [0.1, 0.15) is 5.82 Å². The molecule has 1 atom stereocenters. The fourth-order valence-electron chi connectivity index (χ4n) is 3.18. The summed E-state index contributed by atoms with van der Waals surface area (Å²) in [7, 11) is 1.75. The molecule has 6 nitrogen and oxygen atoms in total. The van der Waals surface area contributed by atoms with Crippen LogP contribution >= 0.6 is 35.7 Å². The van der Waals surface area contributed by atoms with Gasteiger partial charge in [-0.05, 0) is 48.9 Å². The number of aliphatic imine (C=N–C) groups is 1. The number of rotatable bonds is 5. The van der Waals surface area contributed by atoms with E-state index in [-0.39, 0.29) is 35.8 Å². The minimum atomic E-state index is -0.224. The Kier molecular flexibility index (Phi) is 9.23. The predicted octanol–water partition coefficient (Wildman–Crippen LogP) is 3.29. The van der Waals surface area contributed by atoms with Crippen LogP contribution in [-0.2, 0) is 6.54 Å². The third kappa shape index (κ3) is 6.20. The van der Waals surface area contributed by atoms with Crippen molar-refractivity contribution < 1.29 is 4.39 Å². The van der Waals surface area contributed by atoms with Crippen LogP contribution in [0.1, 0.15) is 18.4 Å². The summed E-state index contributed by atoms with van der Waals surface area (Å²) in [5, 5.41) is 6.77. The van der Waals surface area contributed by atoms with E-state index >= 15 is 0 Å². The molecular weight excluding hydrogens is 490 g/mol. The topological polar surface area (TPSA) is 65.4 Å². The Bertz CT molecular complexity index is 776. The maximum absolute atomic E-state index is 13.6. The second kappa shape index (κ2) is 11.4.